The van der Waals surface area contributed by atoms with Crippen molar-refractivity contribution in [3.8, 4) is 33.4 Å². The molecule has 0 saturated carbocycles. The molecule has 0 atom stereocenters. The van der Waals surface area contributed by atoms with E-state index < -0.39 is 0 Å². The fourth-order valence-corrected chi connectivity index (χ4v) is 4.71. The van der Waals surface area contributed by atoms with Gasteiger partial charge in [0.1, 0.15) is 0 Å². The minimum atomic E-state index is 1.07. The zero-order valence-corrected chi connectivity index (χ0v) is 19.4. The summed E-state index contributed by atoms with van der Waals surface area (Å²) < 4.78 is 0. The largest absolute Gasteiger partial charge is 0.355 e. The van der Waals surface area contributed by atoms with Crippen LogP contribution in [-0.4, -0.2) is 0 Å². The molecule has 0 amide bonds. The molecule has 0 heterocycles. The summed E-state index contributed by atoms with van der Waals surface area (Å²) in [6, 6.07) is 51.5. The SMILES string of the molecule is c1ccc(-c2cccc(Nc3ccc(-c4ccccc4)cc3-c3cccc4ccccc34)c2)cc1. The normalized spacial score (nSPS) is 10.9. The van der Waals surface area contributed by atoms with Gasteiger partial charge in [-0.2, -0.15) is 0 Å². The van der Waals surface area contributed by atoms with Gasteiger partial charge >= 0.3 is 0 Å². The average Bonchev–Trinajstić information content (AvgIpc) is 2.94. The topological polar surface area (TPSA) is 12.0 Å². The van der Waals surface area contributed by atoms with Crippen LogP contribution in [-0.2, 0) is 0 Å². The zero-order chi connectivity index (χ0) is 23.5. The third-order valence-corrected chi connectivity index (χ3v) is 6.46. The molecule has 0 bridgehead atoms. The molecule has 0 aliphatic rings. The maximum atomic E-state index is 3.72. The molecule has 35 heavy (non-hydrogen) atoms. The maximum absolute atomic E-state index is 3.72. The third kappa shape index (κ3) is 4.32. The number of rotatable bonds is 5. The van der Waals surface area contributed by atoms with Crippen LogP contribution < -0.4 is 5.32 Å². The van der Waals surface area contributed by atoms with Gasteiger partial charge in [-0.05, 0) is 62.9 Å². The molecule has 0 unspecified atom stereocenters. The predicted molar refractivity (Wildman–Crippen MR) is 150 cm³/mol. The monoisotopic (exact) mass is 447 g/mol. The summed E-state index contributed by atoms with van der Waals surface area (Å²) in [6.45, 7) is 0. The summed E-state index contributed by atoms with van der Waals surface area (Å²) in [5, 5.41) is 6.22. The molecular formula is C34H25N. The van der Waals surface area contributed by atoms with Crippen molar-refractivity contribution in [2.45, 2.75) is 0 Å². The molecule has 6 rings (SSSR count). The lowest BCUT2D eigenvalue weighted by Gasteiger charge is -2.17. The molecule has 1 N–H and O–H groups in total. The van der Waals surface area contributed by atoms with Crippen LogP contribution >= 0.6 is 0 Å². The second-order valence-corrected chi connectivity index (χ2v) is 8.72. The van der Waals surface area contributed by atoms with Gasteiger partial charge in [-0.25, -0.2) is 0 Å². The van der Waals surface area contributed by atoms with E-state index in [2.05, 4.69) is 151 Å². The minimum absolute atomic E-state index is 1.07. The van der Waals surface area contributed by atoms with Crippen LogP contribution in [0.15, 0.2) is 146 Å². The van der Waals surface area contributed by atoms with Gasteiger partial charge in [0.25, 0.3) is 0 Å². The molecular weight excluding hydrogens is 422 g/mol. The average molecular weight is 448 g/mol. The third-order valence-electron chi connectivity index (χ3n) is 6.46. The summed E-state index contributed by atoms with van der Waals surface area (Å²) in [5.41, 5.74) is 9.40. The fraction of sp³-hybridized carbons (Fsp3) is 0. The summed E-state index contributed by atoms with van der Waals surface area (Å²) >= 11 is 0. The molecule has 0 spiro atoms. The van der Waals surface area contributed by atoms with Crippen molar-refractivity contribution >= 4 is 22.1 Å². The Morgan fingerprint density at radius 3 is 1.74 bits per heavy atom. The molecule has 0 aromatic heterocycles. The predicted octanol–water partition coefficient (Wildman–Crippen LogP) is 9.58. The maximum Gasteiger partial charge on any atom is 0.0464 e. The number of nitrogens with one attached hydrogen (secondary N) is 1. The highest BCUT2D eigenvalue weighted by Gasteiger charge is 2.12. The van der Waals surface area contributed by atoms with E-state index in [1.54, 1.807) is 0 Å². The van der Waals surface area contributed by atoms with Crippen molar-refractivity contribution in [1.82, 2.24) is 0 Å². The van der Waals surface area contributed by atoms with Crippen LogP contribution in [0.25, 0.3) is 44.2 Å². The Bertz CT molecular complexity index is 1600. The van der Waals surface area contributed by atoms with Crippen molar-refractivity contribution in [3.05, 3.63) is 146 Å². The standard InChI is InChI=1S/C34H25N/c1-3-11-25(12-4-1)28-17-9-18-30(23-28)35-34-22-21-29(26-13-5-2-6-14-26)24-33(34)32-20-10-16-27-15-7-8-19-31(27)32/h1-24,35H. The molecule has 0 saturated heterocycles. The molecule has 0 radical (unpaired) electrons. The van der Waals surface area contributed by atoms with E-state index in [4.69, 9.17) is 0 Å². The minimum Gasteiger partial charge on any atom is -0.355 e. The van der Waals surface area contributed by atoms with E-state index in [9.17, 15) is 0 Å². The van der Waals surface area contributed by atoms with Crippen LogP contribution in [0.3, 0.4) is 0 Å². The van der Waals surface area contributed by atoms with Gasteiger partial charge in [0.15, 0.2) is 0 Å². The Morgan fingerprint density at radius 2 is 0.971 bits per heavy atom. The van der Waals surface area contributed by atoms with Gasteiger partial charge in [-0.3, -0.25) is 0 Å². The molecule has 6 aromatic rings. The van der Waals surface area contributed by atoms with E-state index in [-0.39, 0.29) is 0 Å². The smallest absolute Gasteiger partial charge is 0.0464 e. The van der Waals surface area contributed by atoms with Gasteiger partial charge < -0.3 is 5.32 Å². The fourth-order valence-electron chi connectivity index (χ4n) is 4.71. The Balaban J connectivity index is 1.48. The summed E-state index contributed by atoms with van der Waals surface area (Å²) in [4.78, 5) is 0. The Kier molecular flexibility index (Phi) is 5.58. The van der Waals surface area contributed by atoms with Crippen molar-refractivity contribution in [3.63, 3.8) is 0 Å². The Hall–Kier alpha value is -4.62. The number of fused-ring (bicyclic) bond motifs is 1. The Morgan fingerprint density at radius 1 is 0.371 bits per heavy atom. The lowest BCUT2D eigenvalue weighted by Crippen LogP contribution is -1.95. The molecule has 1 heteroatoms. The molecule has 1 nitrogen and oxygen atoms in total. The quantitative estimate of drug-likeness (QED) is 0.277. The first-order chi connectivity index (χ1) is 17.3. The summed E-state index contributed by atoms with van der Waals surface area (Å²) in [6.07, 6.45) is 0. The number of hydrogen-bond acceptors (Lipinski definition) is 1. The van der Waals surface area contributed by atoms with Gasteiger partial charge in [0.2, 0.25) is 0 Å². The van der Waals surface area contributed by atoms with Gasteiger partial charge in [0, 0.05) is 16.9 Å². The zero-order valence-electron chi connectivity index (χ0n) is 19.4. The van der Waals surface area contributed by atoms with Gasteiger partial charge in [0.05, 0.1) is 0 Å². The van der Waals surface area contributed by atoms with Crippen molar-refractivity contribution < 1.29 is 0 Å². The lowest BCUT2D eigenvalue weighted by atomic mass is 9.93. The van der Waals surface area contributed by atoms with E-state index >= 15 is 0 Å². The van der Waals surface area contributed by atoms with Crippen LogP contribution in [0.1, 0.15) is 0 Å². The van der Waals surface area contributed by atoms with E-state index in [1.807, 2.05) is 0 Å². The molecule has 6 aromatic carbocycles. The summed E-state index contributed by atoms with van der Waals surface area (Å²) in [7, 11) is 0. The van der Waals surface area contributed by atoms with Crippen LogP contribution in [0.4, 0.5) is 11.4 Å². The van der Waals surface area contributed by atoms with Crippen molar-refractivity contribution in [1.29, 1.82) is 0 Å². The second-order valence-electron chi connectivity index (χ2n) is 8.72. The number of anilines is 2. The first-order valence-electron chi connectivity index (χ1n) is 12.0. The van der Waals surface area contributed by atoms with Gasteiger partial charge in [-0.15, -0.1) is 0 Å². The van der Waals surface area contributed by atoms with Gasteiger partial charge in [-0.1, -0.05) is 121 Å². The highest BCUT2D eigenvalue weighted by atomic mass is 14.9. The lowest BCUT2D eigenvalue weighted by molar-refractivity contribution is 1.52. The van der Waals surface area contributed by atoms with Crippen LogP contribution in [0.5, 0.6) is 0 Å². The van der Waals surface area contributed by atoms with E-state index in [0.29, 0.717) is 0 Å². The van der Waals surface area contributed by atoms with Crippen LogP contribution in [0, 0.1) is 0 Å². The first-order valence-corrected chi connectivity index (χ1v) is 12.0. The molecule has 166 valence electrons. The van der Waals surface area contributed by atoms with E-state index in [0.717, 1.165) is 11.4 Å². The molecule has 0 aliphatic carbocycles. The first kappa shape index (κ1) is 20.9. The number of benzene rings is 6. The van der Waals surface area contributed by atoms with Crippen molar-refractivity contribution in [2.24, 2.45) is 0 Å². The van der Waals surface area contributed by atoms with Crippen molar-refractivity contribution in [2.75, 3.05) is 5.32 Å². The summed E-state index contributed by atoms with van der Waals surface area (Å²) in [5.74, 6) is 0. The van der Waals surface area contributed by atoms with E-state index in [1.165, 1.54) is 44.2 Å². The second kappa shape index (κ2) is 9.32. The molecule has 0 aliphatic heterocycles. The number of hydrogen-bond donors (Lipinski definition) is 1. The molecule has 0 fully saturated rings. The Labute approximate surface area is 206 Å². The highest BCUT2D eigenvalue weighted by Crippen LogP contribution is 2.38. The highest BCUT2D eigenvalue weighted by molar-refractivity contribution is 6.01. The van der Waals surface area contributed by atoms with Crippen LogP contribution in [0.2, 0.25) is 0 Å².